The number of nitrogens with one attached hydrogen (secondary N) is 1. The lowest BCUT2D eigenvalue weighted by molar-refractivity contribution is -0.142. The Balaban J connectivity index is 1.73. The van der Waals surface area contributed by atoms with Crippen molar-refractivity contribution in [2.45, 2.75) is 51.9 Å². The number of benzene rings is 1. The van der Waals surface area contributed by atoms with Gasteiger partial charge in [-0.25, -0.2) is 0 Å². The van der Waals surface area contributed by atoms with Crippen molar-refractivity contribution in [1.29, 1.82) is 0 Å². The minimum absolute atomic E-state index is 0.00554. The summed E-state index contributed by atoms with van der Waals surface area (Å²) in [5.74, 6) is -1.45. The van der Waals surface area contributed by atoms with Crippen molar-refractivity contribution in [1.82, 2.24) is 10.4 Å². The minimum atomic E-state index is -0.421. The second-order valence-corrected chi connectivity index (χ2v) is 7.78. The van der Waals surface area contributed by atoms with Gasteiger partial charge in [-0.2, -0.15) is 5.01 Å². The monoisotopic (exact) mass is 328 g/mol. The summed E-state index contributed by atoms with van der Waals surface area (Å²) in [7, 11) is 0. The molecule has 1 N–H and O–H groups in total. The first-order valence-electron chi connectivity index (χ1n) is 8.58. The third-order valence-electron chi connectivity index (χ3n) is 5.07. The van der Waals surface area contributed by atoms with Crippen LogP contribution in [0.1, 0.15) is 62.4 Å². The fourth-order valence-electron chi connectivity index (χ4n) is 3.56. The van der Waals surface area contributed by atoms with Crippen LogP contribution in [0.15, 0.2) is 24.3 Å². The van der Waals surface area contributed by atoms with Gasteiger partial charge in [-0.3, -0.25) is 19.8 Å². The van der Waals surface area contributed by atoms with E-state index in [1.54, 1.807) is 12.1 Å². The van der Waals surface area contributed by atoms with E-state index in [2.05, 4.69) is 26.2 Å². The van der Waals surface area contributed by atoms with Gasteiger partial charge in [0.25, 0.3) is 17.7 Å². The van der Waals surface area contributed by atoms with Crippen LogP contribution in [0.2, 0.25) is 0 Å². The third-order valence-corrected chi connectivity index (χ3v) is 5.07. The van der Waals surface area contributed by atoms with Gasteiger partial charge >= 0.3 is 0 Å². The Bertz CT molecular complexity index is 649. The molecule has 0 aromatic heterocycles. The first kappa shape index (κ1) is 16.7. The molecule has 3 amide bonds. The van der Waals surface area contributed by atoms with E-state index in [9.17, 15) is 14.4 Å². The van der Waals surface area contributed by atoms with E-state index in [0.717, 1.165) is 36.3 Å². The smallest absolute Gasteiger partial charge is 0.270 e. The Morgan fingerprint density at radius 2 is 1.50 bits per heavy atom. The van der Waals surface area contributed by atoms with Gasteiger partial charge in [0.2, 0.25) is 0 Å². The van der Waals surface area contributed by atoms with E-state index < -0.39 is 5.91 Å². The molecule has 3 rings (SSSR count). The summed E-state index contributed by atoms with van der Waals surface area (Å²) < 4.78 is 0. The molecule has 128 valence electrons. The maximum atomic E-state index is 12.4. The normalized spacial score (nSPS) is 24.0. The maximum absolute atomic E-state index is 12.4. The number of fused-ring (bicyclic) bond motifs is 1. The van der Waals surface area contributed by atoms with Crippen molar-refractivity contribution in [3.05, 3.63) is 35.4 Å². The molecule has 1 aliphatic heterocycles. The van der Waals surface area contributed by atoms with Crippen molar-refractivity contribution >= 4 is 17.7 Å². The van der Waals surface area contributed by atoms with Gasteiger partial charge in [-0.05, 0) is 36.0 Å². The largest absolute Gasteiger partial charge is 0.272 e. The summed E-state index contributed by atoms with van der Waals surface area (Å²) in [5, 5.41) is 0.945. The molecule has 1 saturated heterocycles. The molecule has 2 aliphatic rings. The molecule has 1 saturated carbocycles. The number of hydrogen-bond acceptors (Lipinski definition) is 3. The fraction of sp³-hybridized carbons (Fsp3) is 0.526. The fourth-order valence-corrected chi connectivity index (χ4v) is 3.56. The molecule has 5 heteroatoms. The molecule has 2 fully saturated rings. The van der Waals surface area contributed by atoms with Crippen LogP contribution in [0.5, 0.6) is 0 Å². The Kier molecular flexibility index (Phi) is 4.20. The lowest BCUT2D eigenvalue weighted by Gasteiger charge is -2.19. The standard InChI is InChI=1S/C19H24N2O3/c1-19(2,3)13-10-8-12(9-11-13)16(22)20-21-17(23)14-6-4-5-7-15(14)18(21)24/h8-11,14-15H,4-7H2,1-3H3,(H,20,22)/t14-,15-/m0/s1. The van der Waals surface area contributed by atoms with Crippen LogP contribution in [-0.2, 0) is 15.0 Å². The molecule has 1 aliphatic carbocycles. The van der Waals surface area contributed by atoms with Crippen LogP contribution in [-0.4, -0.2) is 22.7 Å². The molecule has 1 aromatic rings. The zero-order chi connectivity index (χ0) is 17.5. The number of amides is 3. The predicted molar refractivity (Wildman–Crippen MR) is 89.9 cm³/mol. The Labute approximate surface area is 142 Å². The number of hydrazine groups is 1. The summed E-state index contributed by atoms with van der Waals surface area (Å²) in [5.41, 5.74) is 4.08. The highest BCUT2D eigenvalue weighted by Crippen LogP contribution is 2.37. The molecule has 0 radical (unpaired) electrons. The second-order valence-electron chi connectivity index (χ2n) is 7.78. The van der Waals surface area contributed by atoms with Crippen molar-refractivity contribution in [2.75, 3.05) is 0 Å². The third kappa shape index (κ3) is 2.95. The topological polar surface area (TPSA) is 66.5 Å². The van der Waals surface area contributed by atoms with Crippen molar-refractivity contribution in [2.24, 2.45) is 11.8 Å². The van der Waals surface area contributed by atoms with Crippen LogP contribution < -0.4 is 5.43 Å². The van der Waals surface area contributed by atoms with Gasteiger partial charge in [0.15, 0.2) is 0 Å². The highest BCUT2D eigenvalue weighted by atomic mass is 16.2. The van der Waals surface area contributed by atoms with E-state index >= 15 is 0 Å². The summed E-state index contributed by atoms with van der Waals surface area (Å²) in [6.07, 6.45) is 3.41. The molecule has 0 unspecified atom stereocenters. The van der Waals surface area contributed by atoms with Crippen LogP contribution in [0, 0.1) is 11.8 Å². The van der Waals surface area contributed by atoms with Crippen molar-refractivity contribution in [3.63, 3.8) is 0 Å². The minimum Gasteiger partial charge on any atom is -0.272 e. The summed E-state index contributed by atoms with van der Waals surface area (Å²) >= 11 is 0. The van der Waals surface area contributed by atoms with Gasteiger partial charge in [0.05, 0.1) is 11.8 Å². The molecule has 5 nitrogen and oxygen atoms in total. The number of carbonyl (C=O) groups is 3. The number of imide groups is 1. The molecule has 1 heterocycles. The van der Waals surface area contributed by atoms with Gasteiger partial charge in [0.1, 0.15) is 0 Å². The number of nitrogens with zero attached hydrogens (tertiary/aromatic N) is 1. The van der Waals surface area contributed by atoms with Gasteiger partial charge < -0.3 is 0 Å². The van der Waals surface area contributed by atoms with Crippen LogP contribution in [0.4, 0.5) is 0 Å². The molecule has 0 bridgehead atoms. The van der Waals surface area contributed by atoms with Crippen LogP contribution in [0.25, 0.3) is 0 Å². The molecule has 24 heavy (non-hydrogen) atoms. The van der Waals surface area contributed by atoms with Crippen molar-refractivity contribution in [3.8, 4) is 0 Å². The van der Waals surface area contributed by atoms with Crippen molar-refractivity contribution < 1.29 is 14.4 Å². The predicted octanol–water partition coefficient (Wildman–Crippen LogP) is 2.80. The zero-order valence-corrected chi connectivity index (χ0v) is 14.5. The Morgan fingerprint density at radius 1 is 1.00 bits per heavy atom. The van der Waals surface area contributed by atoms with Gasteiger partial charge in [0, 0.05) is 5.56 Å². The van der Waals surface area contributed by atoms with Crippen LogP contribution in [0.3, 0.4) is 0 Å². The van der Waals surface area contributed by atoms with E-state index in [4.69, 9.17) is 0 Å². The summed E-state index contributed by atoms with van der Waals surface area (Å²) in [4.78, 5) is 37.2. The first-order chi connectivity index (χ1) is 11.3. The number of carbonyl (C=O) groups excluding carboxylic acids is 3. The summed E-state index contributed by atoms with van der Waals surface area (Å²) in [6, 6.07) is 7.27. The van der Waals surface area contributed by atoms with E-state index in [0.29, 0.717) is 5.56 Å². The number of hydrogen-bond donors (Lipinski definition) is 1. The molecule has 0 spiro atoms. The van der Waals surface area contributed by atoms with E-state index in [-0.39, 0.29) is 29.1 Å². The molecule has 1 aromatic carbocycles. The van der Waals surface area contributed by atoms with Gasteiger partial charge in [-0.15, -0.1) is 0 Å². The van der Waals surface area contributed by atoms with Gasteiger partial charge in [-0.1, -0.05) is 45.7 Å². The van der Waals surface area contributed by atoms with Crippen LogP contribution >= 0.6 is 0 Å². The lowest BCUT2D eigenvalue weighted by atomic mass is 9.81. The molecular formula is C19H24N2O3. The SMILES string of the molecule is CC(C)(C)c1ccc(C(=O)NN2C(=O)[C@H]3CCCC[C@@H]3C2=O)cc1. The maximum Gasteiger partial charge on any atom is 0.270 e. The lowest BCUT2D eigenvalue weighted by Crippen LogP contribution is -2.46. The Morgan fingerprint density at radius 3 is 1.96 bits per heavy atom. The highest BCUT2D eigenvalue weighted by Gasteiger charge is 2.49. The molecular weight excluding hydrogens is 304 g/mol. The average Bonchev–Trinajstić information content (AvgIpc) is 2.79. The first-order valence-corrected chi connectivity index (χ1v) is 8.58. The molecule has 2 atom stereocenters. The average molecular weight is 328 g/mol. The van der Waals surface area contributed by atoms with E-state index in [1.165, 1.54) is 0 Å². The highest BCUT2D eigenvalue weighted by molar-refractivity contribution is 6.07. The summed E-state index contributed by atoms with van der Waals surface area (Å²) in [6.45, 7) is 6.31. The zero-order valence-electron chi connectivity index (χ0n) is 14.5. The Hall–Kier alpha value is -2.17. The quantitative estimate of drug-likeness (QED) is 0.849. The second kappa shape index (κ2) is 6.04. The number of rotatable bonds is 2. The van der Waals surface area contributed by atoms with E-state index in [1.807, 2.05) is 12.1 Å².